The summed E-state index contributed by atoms with van der Waals surface area (Å²) in [4.78, 5) is 29.7. The molecule has 0 radical (unpaired) electrons. The fraction of sp³-hybridized carbons (Fsp3) is 0.310. The first-order valence-corrected chi connectivity index (χ1v) is 14.9. The van der Waals surface area contributed by atoms with Crippen molar-refractivity contribution in [1.29, 1.82) is 0 Å². The molecule has 0 aliphatic heterocycles. The highest BCUT2D eigenvalue weighted by Gasteiger charge is 2.50. The zero-order valence-electron chi connectivity index (χ0n) is 23.1. The lowest BCUT2D eigenvalue weighted by molar-refractivity contribution is -0.610. The van der Waals surface area contributed by atoms with Gasteiger partial charge in [0.15, 0.2) is 16.5 Å². The van der Waals surface area contributed by atoms with E-state index >= 15 is 0 Å². The lowest BCUT2D eigenvalue weighted by Crippen LogP contribution is -3.00. The number of hydrogen-bond donors (Lipinski definition) is 2. The van der Waals surface area contributed by atoms with Gasteiger partial charge >= 0.3 is 5.95 Å². The van der Waals surface area contributed by atoms with E-state index in [9.17, 15) is 4.79 Å². The zero-order valence-corrected chi connectivity index (χ0v) is 26.3. The number of imidazole rings is 2. The number of carbonyl (C=O) groups excluding carboxylic acids is 1. The molecule has 6 rings (SSSR count). The van der Waals surface area contributed by atoms with Crippen LogP contribution in [-0.2, 0) is 21.4 Å². The maximum atomic E-state index is 13.1. The predicted molar refractivity (Wildman–Crippen MR) is 160 cm³/mol. The Morgan fingerprint density at radius 2 is 1.65 bits per heavy atom. The molecule has 7 nitrogen and oxygen atoms in total. The van der Waals surface area contributed by atoms with E-state index in [2.05, 4.69) is 38.6 Å². The number of halogens is 2. The maximum Gasteiger partial charge on any atom is 0.402 e. The Hall–Kier alpha value is -2.72. The highest BCUT2D eigenvalue weighted by Crippen LogP contribution is 2.47. The number of nitrogens with one attached hydrogen (secondary N) is 2. The summed E-state index contributed by atoms with van der Waals surface area (Å²) in [6.07, 6.45) is 2.00. The van der Waals surface area contributed by atoms with Crippen LogP contribution in [0.5, 0.6) is 5.75 Å². The zero-order chi connectivity index (χ0) is 26.8. The SMILES string of the molecule is COc1cc[n+](-c2nc3cc4c(cc3[nH]2)C(C)(C)C(=O)C4(C)C)c(CSSc2nc3ccccc3[nH]2)c1C.Cl.[Cl-]. The molecule has 2 N–H and O–H groups in total. The molecule has 1 aliphatic carbocycles. The quantitative estimate of drug-likeness (QED) is 0.224. The van der Waals surface area contributed by atoms with Gasteiger partial charge in [0, 0.05) is 22.5 Å². The summed E-state index contributed by atoms with van der Waals surface area (Å²) in [6.45, 7) is 10.1. The van der Waals surface area contributed by atoms with Crippen molar-refractivity contribution in [3.8, 4) is 11.7 Å². The molecule has 0 saturated heterocycles. The van der Waals surface area contributed by atoms with Gasteiger partial charge in [0.25, 0.3) is 0 Å². The fourth-order valence-corrected chi connectivity index (χ4v) is 7.61. The minimum Gasteiger partial charge on any atom is -1.00 e. The summed E-state index contributed by atoms with van der Waals surface area (Å²) in [7, 11) is 5.02. The van der Waals surface area contributed by atoms with Crippen LogP contribution in [-0.4, -0.2) is 32.8 Å². The van der Waals surface area contributed by atoms with Gasteiger partial charge in [-0.05, 0) is 80.8 Å². The average Bonchev–Trinajstić information content (AvgIpc) is 3.54. The Bertz CT molecular complexity index is 1660. The van der Waals surface area contributed by atoms with Crippen LogP contribution in [0.15, 0.2) is 53.8 Å². The molecule has 3 aromatic heterocycles. The summed E-state index contributed by atoms with van der Waals surface area (Å²) in [5, 5.41) is 0.876. The number of aromatic nitrogens is 5. The summed E-state index contributed by atoms with van der Waals surface area (Å²) < 4.78 is 7.73. The monoisotopic (exact) mass is 615 g/mol. The number of ketones is 1. The number of pyridine rings is 1. The van der Waals surface area contributed by atoms with Crippen LogP contribution in [0.1, 0.15) is 50.1 Å². The topological polar surface area (TPSA) is 87.5 Å². The third kappa shape index (κ3) is 4.76. The maximum absolute atomic E-state index is 13.1. The van der Waals surface area contributed by atoms with E-state index in [1.54, 1.807) is 28.7 Å². The number of aromatic amines is 2. The second-order valence-corrected chi connectivity index (χ2v) is 13.1. The Morgan fingerprint density at radius 3 is 2.35 bits per heavy atom. The van der Waals surface area contributed by atoms with E-state index in [1.165, 1.54) is 0 Å². The van der Waals surface area contributed by atoms with Crippen LogP contribution in [0, 0.1) is 6.92 Å². The summed E-state index contributed by atoms with van der Waals surface area (Å²) in [5.41, 5.74) is 6.99. The molecular weight excluding hydrogens is 585 g/mol. The molecule has 1 aliphatic rings. The van der Waals surface area contributed by atoms with Crippen molar-refractivity contribution in [2.75, 3.05) is 7.11 Å². The first kappa shape index (κ1) is 30.2. The highest BCUT2D eigenvalue weighted by atomic mass is 35.5. The minimum absolute atomic E-state index is 0. The van der Waals surface area contributed by atoms with Gasteiger partial charge in [-0.2, -0.15) is 0 Å². The summed E-state index contributed by atoms with van der Waals surface area (Å²) in [5.74, 6) is 2.53. The highest BCUT2D eigenvalue weighted by molar-refractivity contribution is 8.76. The Kier molecular flexibility index (Phi) is 8.26. The van der Waals surface area contributed by atoms with Crippen LogP contribution in [0.2, 0.25) is 0 Å². The van der Waals surface area contributed by atoms with Gasteiger partial charge in [0.1, 0.15) is 17.0 Å². The van der Waals surface area contributed by atoms with E-state index in [0.717, 1.165) is 61.3 Å². The lowest BCUT2D eigenvalue weighted by atomic mass is 9.80. The lowest BCUT2D eigenvalue weighted by Gasteiger charge is -2.21. The Balaban J connectivity index is 0.00000185. The predicted octanol–water partition coefficient (Wildman–Crippen LogP) is 3.54. The molecule has 210 valence electrons. The Morgan fingerprint density at radius 1 is 0.950 bits per heavy atom. The van der Waals surface area contributed by atoms with Crippen LogP contribution in [0.4, 0.5) is 0 Å². The van der Waals surface area contributed by atoms with Crippen LogP contribution < -0.4 is 21.7 Å². The first-order valence-electron chi connectivity index (χ1n) is 12.5. The van der Waals surface area contributed by atoms with E-state index in [-0.39, 0.29) is 30.6 Å². The van der Waals surface area contributed by atoms with E-state index in [4.69, 9.17) is 9.72 Å². The van der Waals surface area contributed by atoms with E-state index in [1.807, 2.05) is 64.2 Å². The molecule has 11 heteroatoms. The number of ether oxygens (including phenoxy) is 1. The number of fused-ring (bicyclic) bond motifs is 3. The Labute approximate surface area is 253 Å². The molecule has 5 aromatic rings. The molecule has 0 amide bonds. The van der Waals surface area contributed by atoms with Crippen molar-refractivity contribution in [3.05, 3.63) is 71.0 Å². The second-order valence-electron chi connectivity index (χ2n) is 10.8. The molecule has 0 bridgehead atoms. The van der Waals surface area contributed by atoms with Crippen molar-refractivity contribution in [2.24, 2.45) is 0 Å². The number of nitrogens with zero attached hydrogens (tertiary/aromatic N) is 3. The smallest absolute Gasteiger partial charge is 0.402 e. The first-order chi connectivity index (χ1) is 18.1. The van der Waals surface area contributed by atoms with Crippen LogP contribution in [0.25, 0.3) is 28.0 Å². The van der Waals surface area contributed by atoms with E-state index < -0.39 is 10.8 Å². The summed E-state index contributed by atoms with van der Waals surface area (Å²) >= 11 is 0. The molecule has 0 spiro atoms. The molecule has 0 unspecified atom stereocenters. The number of Topliss-reactive ketones (excluding diaryl/α,β-unsaturated/α-hetero) is 1. The fourth-order valence-electron chi connectivity index (χ4n) is 5.60. The average molecular weight is 617 g/mol. The van der Waals surface area contributed by atoms with Crippen molar-refractivity contribution in [1.82, 2.24) is 19.9 Å². The third-order valence-corrected chi connectivity index (χ3v) is 9.75. The summed E-state index contributed by atoms with van der Waals surface area (Å²) in [6, 6.07) is 14.2. The van der Waals surface area contributed by atoms with Gasteiger partial charge < -0.3 is 22.1 Å². The third-order valence-electron chi connectivity index (χ3n) is 7.71. The number of methoxy groups -OCH3 is 1. The molecule has 0 atom stereocenters. The van der Waals surface area contributed by atoms with Gasteiger partial charge in [-0.3, -0.25) is 4.79 Å². The molecule has 40 heavy (non-hydrogen) atoms. The minimum atomic E-state index is -0.536. The van der Waals surface area contributed by atoms with Gasteiger partial charge in [-0.25, -0.2) is 14.5 Å². The van der Waals surface area contributed by atoms with Gasteiger partial charge in [0.05, 0.1) is 30.1 Å². The molecular formula is C29H31Cl2N5O2S2. The molecule has 2 aromatic carbocycles. The number of benzene rings is 2. The molecule has 3 heterocycles. The van der Waals surface area contributed by atoms with Gasteiger partial charge in [-0.15, -0.1) is 12.4 Å². The van der Waals surface area contributed by atoms with Crippen molar-refractivity contribution in [2.45, 2.75) is 56.4 Å². The second kappa shape index (κ2) is 10.9. The number of rotatable bonds is 6. The van der Waals surface area contributed by atoms with Crippen molar-refractivity contribution < 1.29 is 26.5 Å². The number of carbonyl (C=O) groups is 1. The molecule has 0 fully saturated rings. The molecule has 0 saturated carbocycles. The number of hydrogen-bond acceptors (Lipinski definition) is 6. The van der Waals surface area contributed by atoms with E-state index in [0.29, 0.717) is 5.75 Å². The van der Waals surface area contributed by atoms with Crippen LogP contribution in [0.3, 0.4) is 0 Å². The number of H-pyrrole nitrogens is 2. The largest absolute Gasteiger partial charge is 1.00 e. The van der Waals surface area contributed by atoms with Crippen molar-refractivity contribution in [3.63, 3.8) is 0 Å². The number of para-hydroxylation sites is 2. The standard InChI is InChI=1S/C29H30N5O2S2.2ClH/c1-16-23(15-37-38-27-32-19-9-7-8-10-20(19)33-27)34(12-11-24(16)36-6)26-30-21-13-17-18(14-22(21)31-26)29(4,5)25(35)28(17,2)3;;/h7-14H,15H2,1-6H3,(H,30,31)(H,32,33);2*1H/q+1;;/p-1. The van der Waals surface area contributed by atoms with Crippen molar-refractivity contribution >= 4 is 61.8 Å². The van der Waals surface area contributed by atoms with Gasteiger partial charge in [0.2, 0.25) is 0 Å². The normalized spacial score (nSPS) is 15.1. The van der Waals surface area contributed by atoms with Gasteiger partial charge in [-0.1, -0.05) is 27.9 Å². The van der Waals surface area contributed by atoms with Crippen LogP contribution >= 0.6 is 34.0 Å².